The first-order valence-corrected chi connectivity index (χ1v) is 7.19. The zero-order chi connectivity index (χ0) is 13.7. The summed E-state index contributed by atoms with van der Waals surface area (Å²) in [5.74, 6) is 0.950. The fourth-order valence-electron chi connectivity index (χ4n) is 2.70. The molecule has 106 valence electrons. The van der Waals surface area contributed by atoms with Crippen LogP contribution in [0.5, 0.6) is 5.75 Å². The highest BCUT2D eigenvalue weighted by molar-refractivity contribution is 5.27. The van der Waals surface area contributed by atoms with E-state index in [1.807, 2.05) is 19.1 Å². The Hall–Kier alpha value is -1.06. The molecule has 1 heterocycles. The lowest BCUT2D eigenvalue weighted by atomic mass is 9.95. The third-order valence-electron chi connectivity index (χ3n) is 3.63. The molecule has 1 aliphatic rings. The molecule has 3 nitrogen and oxygen atoms in total. The lowest BCUT2D eigenvalue weighted by Gasteiger charge is -2.36. The van der Waals surface area contributed by atoms with E-state index in [2.05, 4.69) is 24.0 Å². The van der Waals surface area contributed by atoms with Crippen LogP contribution in [0.3, 0.4) is 0 Å². The maximum Gasteiger partial charge on any atom is 0.119 e. The van der Waals surface area contributed by atoms with Gasteiger partial charge in [0.05, 0.1) is 12.2 Å². The molecule has 0 aliphatic carbocycles. The molecule has 1 saturated heterocycles. The quantitative estimate of drug-likeness (QED) is 0.829. The van der Waals surface area contributed by atoms with Gasteiger partial charge in [-0.25, -0.2) is 0 Å². The van der Waals surface area contributed by atoms with Gasteiger partial charge >= 0.3 is 0 Å². The largest absolute Gasteiger partial charge is 0.494 e. The molecule has 0 spiro atoms. The molecule has 1 atom stereocenters. The molecular formula is C16H25NO2. The average Bonchev–Trinajstić information content (AvgIpc) is 2.34. The summed E-state index contributed by atoms with van der Waals surface area (Å²) in [7, 11) is 0. The molecule has 1 aromatic rings. The highest BCUT2D eigenvalue weighted by atomic mass is 16.5. The molecule has 1 fully saturated rings. The standard InChI is InChI=1S/C16H25NO2/c1-14-6-3-7-15(12-14)19-11-5-10-17-9-4-8-16(2,18)13-17/h3,6-7,12,18H,4-5,8-11,13H2,1-2H3. The van der Waals surface area contributed by atoms with E-state index in [1.165, 1.54) is 5.56 Å². The maximum atomic E-state index is 10.0. The van der Waals surface area contributed by atoms with E-state index in [1.54, 1.807) is 0 Å². The van der Waals surface area contributed by atoms with Crippen LogP contribution >= 0.6 is 0 Å². The minimum Gasteiger partial charge on any atom is -0.494 e. The number of nitrogens with zero attached hydrogens (tertiary/aromatic N) is 1. The summed E-state index contributed by atoms with van der Waals surface area (Å²) in [6.45, 7) is 7.63. The van der Waals surface area contributed by atoms with Crippen molar-refractivity contribution in [1.29, 1.82) is 0 Å². The smallest absolute Gasteiger partial charge is 0.119 e. The van der Waals surface area contributed by atoms with Gasteiger partial charge in [-0.3, -0.25) is 0 Å². The van der Waals surface area contributed by atoms with Crippen LogP contribution in [-0.2, 0) is 0 Å². The van der Waals surface area contributed by atoms with Crippen LogP contribution in [0.15, 0.2) is 24.3 Å². The van der Waals surface area contributed by atoms with E-state index in [-0.39, 0.29) is 0 Å². The summed E-state index contributed by atoms with van der Waals surface area (Å²) in [5.41, 5.74) is 0.722. The lowest BCUT2D eigenvalue weighted by molar-refractivity contribution is -0.0165. The van der Waals surface area contributed by atoms with E-state index in [4.69, 9.17) is 4.74 Å². The highest BCUT2D eigenvalue weighted by Gasteiger charge is 2.27. The summed E-state index contributed by atoms with van der Waals surface area (Å²) < 4.78 is 5.74. The third kappa shape index (κ3) is 4.84. The third-order valence-corrected chi connectivity index (χ3v) is 3.63. The number of ether oxygens (including phenoxy) is 1. The van der Waals surface area contributed by atoms with Gasteiger partial charge in [0.15, 0.2) is 0 Å². The first kappa shape index (κ1) is 14.4. The molecule has 1 unspecified atom stereocenters. The topological polar surface area (TPSA) is 32.7 Å². The Balaban J connectivity index is 1.67. The van der Waals surface area contributed by atoms with Crippen molar-refractivity contribution in [1.82, 2.24) is 4.90 Å². The molecule has 0 radical (unpaired) electrons. The first-order valence-electron chi connectivity index (χ1n) is 7.19. The van der Waals surface area contributed by atoms with Crippen LogP contribution < -0.4 is 4.74 Å². The van der Waals surface area contributed by atoms with Crippen molar-refractivity contribution in [2.24, 2.45) is 0 Å². The number of aliphatic hydroxyl groups is 1. The van der Waals surface area contributed by atoms with Gasteiger partial charge in [-0.1, -0.05) is 12.1 Å². The van der Waals surface area contributed by atoms with Gasteiger partial charge in [0, 0.05) is 13.1 Å². The number of β-amino-alcohol motifs (C(OH)–C–C–N with tert-alkyl or cyclic N) is 1. The Bertz CT molecular complexity index is 403. The maximum absolute atomic E-state index is 10.0. The zero-order valence-electron chi connectivity index (χ0n) is 12.1. The second-order valence-electron chi connectivity index (χ2n) is 5.90. The monoisotopic (exact) mass is 263 g/mol. The molecule has 1 aromatic carbocycles. The van der Waals surface area contributed by atoms with E-state index >= 15 is 0 Å². The predicted octanol–water partition coefficient (Wildman–Crippen LogP) is 2.61. The summed E-state index contributed by atoms with van der Waals surface area (Å²) in [6, 6.07) is 8.15. The Morgan fingerprint density at radius 2 is 2.26 bits per heavy atom. The summed E-state index contributed by atoms with van der Waals surface area (Å²) >= 11 is 0. The second kappa shape index (κ2) is 6.40. The Morgan fingerprint density at radius 3 is 3.00 bits per heavy atom. The fourth-order valence-corrected chi connectivity index (χ4v) is 2.70. The van der Waals surface area contributed by atoms with Crippen LogP contribution in [0.4, 0.5) is 0 Å². The van der Waals surface area contributed by atoms with Gasteiger partial charge in [0.2, 0.25) is 0 Å². The van der Waals surface area contributed by atoms with Crippen molar-refractivity contribution in [2.45, 2.75) is 38.7 Å². The zero-order valence-corrected chi connectivity index (χ0v) is 12.1. The van der Waals surface area contributed by atoms with Crippen LogP contribution in [-0.4, -0.2) is 41.8 Å². The van der Waals surface area contributed by atoms with Crippen LogP contribution in [0.25, 0.3) is 0 Å². The Morgan fingerprint density at radius 1 is 1.42 bits per heavy atom. The lowest BCUT2D eigenvalue weighted by Crippen LogP contribution is -2.46. The second-order valence-corrected chi connectivity index (χ2v) is 5.90. The molecule has 2 rings (SSSR count). The van der Waals surface area contributed by atoms with Crippen LogP contribution in [0.2, 0.25) is 0 Å². The number of benzene rings is 1. The van der Waals surface area contributed by atoms with Gasteiger partial charge < -0.3 is 14.7 Å². The van der Waals surface area contributed by atoms with E-state index < -0.39 is 5.60 Å². The van der Waals surface area contributed by atoms with Crippen molar-refractivity contribution in [3.8, 4) is 5.75 Å². The van der Waals surface area contributed by atoms with Gasteiger partial charge in [-0.05, 0) is 57.4 Å². The summed E-state index contributed by atoms with van der Waals surface area (Å²) in [6.07, 6.45) is 3.01. The molecule has 0 bridgehead atoms. The number of rotatable bonds is 5. The number of likely N-dealkylation sites (tertiary alicyclic amines) is 1. The summed E-state index contributed by atoms with van der Waals surface area (Å²) in [5, 5.41) is 10.0. The highest BCUT2D eigenvalue weighted by Crippen LogP contribution is 2.20. The van der Waals surface area contributed by atoms with E-state index in [0.29, 0.717) is 0 Å². The molecule has 1 N–H and O–H groups in total. The minimum atomic E-state index is -0.504. The van der Waals surface area contributed by atoms with Crippen molar-refractivity contribution < 1.29 is 9.84 Å². The van der Waals surface area contributed by atoms with Crippen LogP contribution in [0, 0.1) is 6.92 Å². The Kier molecular flexibility index (Phi) is 4.83. The summed E-state index contributed by atoms with van der Waals surface area (Å²) in [4.78, 5) is 2.34. The SMILES string of the molecule is Cc1cccc(OCCCN2CCCC(C)(O)C2)c1. The Labute approximate surface area is 116 Å². The van der Waals surface area contributed by atoms with Crippen molar-refractivity contribution in [3.05, 3.63) is 29.8 Å². The molecular weight excluding hydrogens is 238 g/mol. The van der Waals surface area contributed by atoms with Crippen molar-refractivity contribution in [2.75, 3.05) is 26.2 Å². The number of hydrogen-bond donors (Lipinski definition) is 1. The number of piperidine rings is 1. The number of aryl methyl sites for hydroxylation is 1. The fraction of sp³-hybridized carbons (Fsp3) is 0.625. The number of hydrogen-bond acceptors (Lipinski definition) is 3. The molecule has 1 aliphatic heterocycles. The van der Waals surface area contributed by atoms with Gasteiger partial charge in [0.1, 0.15) is 5.75 Å². The van der Waals surface area contributed by atoms with Crippen molar-refractivity contribution >= 4 is 0 Å². The van der Waals surface area contributed by atoms with Crippen LogP contribution in [0.1, 0.15) is 31.7 Å². The van der Waals surface area contributed by atoms with Gasteiger partial charge in [-0.15, -0.1) is 0 Å². The molecule has 19 heavy (non-hydrogen) atoms. The first-order chi connectivity index (χ1) is 9.05. The molecule has 0 amide bonds. The molecule has 3 heteroatoms. The predicted molar refractivity (Wildman–Crippen MR) is 77.6 cm³/mol. The van der Waals surface area contributed by atoms with Gasteiger partial charge in [-0.2, -0.15) is 0 Å². The average molecular weight is 263 g/mol. The van der Waals surface area contributed by atoms with Crippen molar-refractivity contribution in [3.63, 3.8) is 0 Å². The molecule has 0 aromatic heterocycles. The van der Waals surface area contributed by atoms with E-state index in [0.717, 1.165) is 51.3 Å². The minimum absolute atomic E-state index is 0.504. The molecule has 0 saturated carbocycles. The van der Waals surface area contributed by atoms with Gasteiger partial charge in [0.25, 0.3) is 0 Å². The normalized spacial score (nSPS) is 24.4. The van der Waals surface area contributed by atoms with E-state index in [9.17, 15) is 5.11 Å².